The Morgan fingerprint density at radius 2 is 1.89 bits per heavy atom. The van der Waals surface area contributed by atoms with Crippen molar-refractivity contribution < 1.29 is 14.3 Å². The van der Waals surface area contributed by atoms with E-state index < -0.39 is 5.41 Å². The van der Waals surface area contributed by atoms with Gasteiger partial charge in [0.15, 0.2) is 6.29 Å². The summed E-state index contributed by atoms with van der Waals surface area (Å²) in [5, 5.41) is 0. The van der Waals surface area contributed by atoms with E-state index in [9.17, 15) is 4.79 Å². The number of carbonyl (C=O) groups is 1. The van der Waals surface area contributed by atoms with E-state index in [0.717, 1.165) is 12.7 Å². The lowest BCUT2D eigenvalue weighted by Gasteiger charge is -2.39. The first-order valence-corrected chi connectivity index (χ1v) is 7.25. The second-order valence-corrected chi connectivity index (χ2v) is 7.02. The van der Waals surface area contributed by atoms with Crippen molar-refractivity contribution in [3.8, 4) is 0 Å². The number of aldehydes is 1. The number of rotatable bonds is 3. The van der Waals surface area contributed by atoms with Crippen molar-refractivity contribution in [3.63, 3.8) is 0 Å². The molecule has 0 aromatic carbocycles. The van der Waals surface area contributed by atoms with Crippen molar-refractivity contribution in [2.45, 2.75) is 59.7 Å². The largest absolute Gasteiger partial charge is 0.351 e. The summed E-state index contributed by atoms with van der Waals surface area (Å²) in [7, 11) is 0. The maximum Gasteiger partial charge on any atom is 0.161 e. The summed E-state index contributed by atoms with van der Waals surface area (Å²) in [6.45, 7) is 9.66. The average Bonchev–Trinajstić information content (AvgIpc) is 2.36. The van der Waals surface area contributed by atoms with Crippen LogP contribution in [0.25, 0.3) is 0 Å². The summed E-state index contributed by atoms with van der Waals surface area (Å²) >= 11 is 0. The Kier molecular flexibility index (Phi) is 4.17. The highest BCUT2D eigenvalue weighted by Crippen LogP contribution is 2.43. The maximum atomic E-state index is 11.0. The fraction of sp³-hybridized carbons (Fsp3) is 0.812. The Morgan fingerprint density at radius 1 is 1.26 bits per heavy atom. The number of allylic oxidation sites excluding steroid dienone is 1. The molecule has 3 nitrogen and oxygen atoms in total. The fourth-order valence-electron chi connectivity index (χ4n) is 3.13. The summed E-state index contributed by atoms with van der Waals surface area (Å²) in [5.74, 6) is 0. The molecular weight excluding hydrogens is 240 g/mol. The molecule has 0 saturated carbocycles. The number of carbonyl (C=O) groups excluding carboxylic acids is 1. The maximum absolute atomic E-state index is 11.0. The van der Waals surface area contributed by atoms with Crippen molar-refractivity contribution in [3.05, 3.63) is 11.1 Å². The molecule has 0 unspecified atom stereocenters. The van der Waals surface area contributed by atoms with Crippen LogP contribution in [0.15, 0.2) is 11.1 Å². The van der Waals surface area contributed by atoms with Crippen LogP contribution in [0.2, 0.25) is 0 Å². The van der Waals surface area contributed by atoms with E-state index in [-0.39, 0.29) is 11.7 Å². The normalized spacial score (nSPS) is 35.3. The van der Waals surface area contributed by atoms with Crippen LogP contribution in [0.5, 0.6) is 0 Å². The van der Waals surface area contributed by atoms with E-state index in [1.54, 1.807) is 0 Å². The molecule has 1 heterocycles. The van der Waals surface area contributed by atoms with E-state index in [2.05, 4.69) is 20.8 Å². The molecule has 0 atom stereocenters. The molecule has 1 aliphatic heterocycles. The van der Waals surface area contributed by atoms with Gasteiger partial charge >= 0.3 is 0 Å². The number of hydrogen-bond donors (Lipinski definition) is 0. The van der Waals surface area contributed by atoms with E-state index in [1.807, 2.05) is 6.92 Å². The molecule has 0 bridgehead atoms. The third kappa shape index (κ3) is 3.26. The molecule has 1 fully saturated rings. The molecule has 0 aromatic rings. The number of hydrogen-bond acceptors (Lipinski definition) is 3. The smallest absolute Gasteiger partial charge is 0.161 e. The zero-order valence-corrected chi connectivity index (χ0v) is 12.6. The topological polar surface area (TPSA) is 35.5 Å². The van der Waals surface area contributed by atoms with Gasteiger partial charge in [0.05, 0.1) is 18.6 Å². The van der Waals surface area contributed by atoms with E-state index in [4.69, 9.17) is 9.47 Å². The molecule has 0 amide bonds. The summed E-state index contributed by atoms with van der Waals surface area (Å²) in [6.07, 6.45) is 5.30. The molecule has 0 N–H and O–H groups in total. The van der Waals surface area contributed by atoms with Crippen molar-refractivity contribution in [1.29, 1.82) is 0 Å². The highest BCUT2D eigenvalue weighted by Gasteiger charge is 2.35. The Hall–Kier alpha value is -0.670. The minimum atomic E-state index is -0.470. The van der Waals surface area contributed by atoms with Gasteiger partial charge in [-0.25, -0.2) is 0 Å². The summed E-state index contributed by atoms with van der Waals surface area (Å²) in [6, 6.07) is 0. The molecule has 0 radical (unpaired) electrons. The van der Waals surface area contributed by atoms with Crippen molar-refractivity contribution in [2.75, 3.05) is 13.2 Å². The first kappa shape index (κ1) is 14.7. The van der Waals surface area contributed by atoms with Gasteiger partial charge in [-0.3, -0.25) is 0 Å². The van der Waals surface area contributed by atoms with Crippen LogP contribution >= 0.6 is 0 Å². The Labute approximate surface area is 116 Å². The molecule has 1 aliphatic carbocycles. The van der Waals surface area contributed by atoms with Crippen molar-refractivity contribution in [1.82, 2.24) is 0 Å². The standard InChI is InChI=1S/C16H26O3/c1-12-6-5-7-15(2,3)13(12)8-14-18-10-16(4,9-17)11-19-14/h9,14H,5-8,10-11H2,1-4H3. The molecule has 1 saturated heterocycles. The lowest BCUT2D eigenvalue weighted by Crippen LogP contribution is -2.41. The minimum Gasteiger partial charge on any atom is -0.351 e. The highest BCUT2D eigenvalue weighted by atomic mass is 16.7. The lowest BCUT2D eigenvalue weighted by atomic mass is 9.71. The average molecular weight is 266 g/mol. The quantitative estimate of drug-likeness (QED) is 0.579. The third-order valence-electron chi connectivity index (χ3n) is 4.54. The van der Waals surface area contributed by atoms with Crippen molar-refractivity contribution >= 4 is 6.29 Å². The van der Waals surface area contributed by atoms with Gasteiger partial charge in [0, 0.05) is 6.42 Å². The van der Waals surface area contributed by atoms with E-state index >= 15 is 0 Å². The zero-order valence-electron chi connectivity index (χ0n) is 12.6. The SMILES string of the molecule is CC1=C(CC2OCC(C)(C=O)CO2)C(C)(C)CCC1. The first-order chi connectivity index (χ1) is 8.86. The lowest BCUT2D eigenvalue weighted by molar-refractivity contribution is -0.219. The molecule has 0 aromatic heterocycles. The van der Waals surface area contributed by atoms with Gasteiger partial charge in [-0.2, -0.15) is 0 Å². The number of ether oxygens (including phenoxy) is 2. The van der Waals surface area contributed by atoms with Gasteiger partial charge in [-0.15, -0.1) is 0 Å². The molecule has 2 rings (SSSR count). The molecular formula is C16H26O3. The summed E-state index contributed by atoms with van der Waals surface area (Å²) in [4.78, 5) is 11.0. The Morgan fingerprint density at radius 3 is 2.42 bits per heavy atom. The molecule has 0 spiro atoms. The highest BCUT2D eigenvalue weighted by molar-refractivity contribution is 5.59. The Balaban J connectivity index is 2.00. The molecule has 2 aliphatic rings. The van der Waals surface area contributed by atoms with Crippen molar-refractivity contribution in [2.24, 2.45) is 10.8 Å². The minimum absolute atomic E-state index is 0.185. The monoisotopic (exact) mass is 266 g/mol. The zero-order chi connectivity index (χ0) is 14.1. The van der Waals surface area contributed by atoms with Crippen LogP contribution in [0.3, 0.4) is 0 Å². The van der Waals surface area contributed by atoms with Gasteiger partial charge in [-0.05, 0) is 38.5 Å². The van der Waals surface area contributed by atoms with Crippen LogP contribution in [0.4, 0.5) is 0 Å². The van der Waals surface area contributed by atoms with Crippen LogP contribution in [-0.4, -0.2) is 25.8 Å². The van der Waals surface area contributed by atoms with Gasteiger partial charge in [0.25, 0.3) is 0 Å². The third-order valence-corrected chi connectivity index (χ3v) is 4.54. The second kappa shape index (κ2) is 5.37. The fourth-order valence-corrected chi connectivity index (χ4v) is 3.13. The predicted octanol–water partition coefficient (Wildman–Crippen LogP) is 3.48. The molecule has 3 heteroatoms. The van der Waals surface area contributed by atoms with Gasteiger partial charge < -0.3 is 14.3 Å². The Bertz CT molecular complexity index is 373. The van der Waals surface area contributed by atoms with Crippen LogP contribution in [0.1, 0.15) is 53.4 Å². The predicted molar refractivity (Wildman–Crippen MR) is 74.8 cm³/mol. The van der Waals surface area contributed by atoms with Crippen LogP contribution in [-0.2, 0) is 14.3 Å². The van der Waals surface area contributed by atoms with Crippen LogP contribution < -0.4 is 0 Å². The van der Waals surface area contributed by atoms with Gasteiger partial charge in [0.2, 0.25) is 0 Å². The van der Waals surface area contributed by atoms with E-state index in [0.29, 0.717) is 13.2 Å². The van der Waals surface area contributed by atoms with Crippen LogP contribution in [0, 0.1) is 10.8 Å². The summed E-state index contributed by atoms with van der Waals surface area (Å²) in [5.41, 5.74) is 2.76. The first-order valence-electron chi connectivity index (χ1n) is 7.25. The van der Waals surface area contributed by atoms with E-state index in [1.165, 1.54) is 30.4 Å². The van der Waals surface area contributed by atoms with Gasteiger partial charge in [-0.1, -0.05) is 25.0 Å². The second-order valence-electron chi connectivity index (χ2n) is 7.02. The summed E-state index contributed by atoms with van der Waals surface area (Å²) < 4.78 is 11.5. The molecule has 108 valence electrons. The van der Waals surface area contributed by atoms with Gasteiger partial charge in [0.1, 0.15) is 6.29 Å². The molecule has 19 heavy (non-hydrogen) atoms.